The summed E-state index contributed by atoms with van der Waals surface area (Å²) in [6.45, 7) is 2.71. The third-order valence-corrected chi connectivity index (χ3v) is 4.29. The zero-order chi connectivity index (χ0) is 15.3. The fourth-order valence-corrected chi connectivity index (χ4v) is 3.15. The quantitative estimate of drug-likeness (QED) is 0.820. The van der Waals surface area contributed by atoms with Gasteiger partial charge in [-0.05, 0) is 37.2 Å². The van der Waals surface area contributed by atoms with Crippen molar-refractivity contribution in [2.75, 3.05) is 7.05 Å². The van der Waals surface area contributed by atoms with Crippen LogP contribution in [0.2, 0.25) is 0 Å². The predicted molar refractivity (Wildman–Crippen MR) is 82.1 cm³/mol. The number of hydrogen-bond donors (Lipinski definition) is 2. The van der Waals surface area contributed by atoms with Gasteiger partial charge in [0.2, 0.25) is 10.0 Å². The number of hydrogen-bond acceptors (Lipinski definition) is 4. The van der Waals surface area contributed by atoms with Crippen molar-refractivity contribution in [3.8, 4) is 0 Å². The monoisotopic (exact) mass is 308 g/mol. The first-order chi connectivity index (χ1) is 9.98. The summed E-state index contributed by atoms with van der Waals surface area (Å²) in [5, 5.41) is 3.05. The summed E-state index contributed by atoms with van der Waals surface area (Å²) in [5.41, 5.74) is 1.83. The van der Waals surface area contributed by atoms with Crippen molar-refractivity contribution >= 4 is 10.0 Å². The summed E-state index contributed by atoms with van der Waals surface area (Å²) in [6, 6.07) is 11.1. The maximum absolute atomic E-state index is 12.1. The van der Waals surface area contributed by atoms with Crippen LogP contribution in [0.4, 0.5) is 0 Å². The van der Waals surface area contributed by atoms with Crippen LogP contribution in [0.3, 0.4) is 0 Å². The Bertz CT molecular complexity index is 692. The maximum atomic E-state index is 12.1. The van der Waals surface area contributed by atoms with Gasteiger partial charge in [-0.3, -0.25) is 0 Å². The number of nitrogens with one attached hydrogen (secondary N) is 2. The highest BCUT2D eigenvalue weighted by molar-refractivity contribution is 7.88. The van der Waals surface area contributed by atoms with Crippen LogP contribution in [-0.2, 0) is 28.9 Å². The van der Waals surface area contributed by atoms with E-state index in [2.05, 4.69) is 10.0 Å². The summed E-state index contributed by atoms with van der Waals surface area (Å²) in [7, 11) is -1.53. The van der Waals surface area contributed by atoms with Crippen molar-refractivity contribution in [2.45, 2.75) is 25.8 Å². The Morgan fingerprint density at radius 3 is 2.52 bits per heavy atom. The molecule has 0 spiro atoms. The molecule has 5 nitrogen and oxygen atoms in total. The second-order valence-electron chi connectivity index (χ2n) is 4.94. The van der Waals surface area contributed by atoms with E-state index in [0.29, 0.717) is 12.3 Å². The SMILES string of the molecule is CNCc1cccc(CS(=O)(=O)NCc2ccc(C)o2)c1. The van der Waals surface area contributed by atoms with Crippen LogP contribution < -0.4 is 10.0 Å². The fourth-order valence-electron chi connectivity index (χ4n) is 2.07. The van der Waals surface area contributed by atoms with E-state index in [4.69, 9.17) is 4.42 Å². The average molecular weight is 308 g/mol. The molecule has 21 heavy (non-hydrogen) atoms. The maximum Gasteiger partial charge on any atom is 0.216 e. The first kappa shape index (κ1) is 15.8. The second-order valence-corrected chi connectivity index (χ2v) is 6.75. The average Bonchev–Trinajstić information content (AvgIpc) is 2.83. The van der Waals surface area contributed by atoms with Crippen molar-refractivity contribution in [1.29, 1.82) is 0 Å². The lowest BCUT2D eigenvalue weighted by Crippen LogP contribution is -2.24. The third-order valence-electron chi connectivity index (χ3n) is 2.99. The minimum Gasteiger partial charge on any atom is -0.465 e. The number of furan rings is 1. The van der Waals surface area contributed by atoms with Gasteiger partial charge in [-0.2, -0.15) is 0 Å². The van der Waals surface area contributed by atoms with Crippen LogP contribution in [0.15, 0.2) is 40.8 Å². The smallest absolute Gasteiger partial charge is 0.216 e. The minimum absolute atomic E-state index is 0.0375. The van der Waals surface area contributed by atoms with Crippen LogP contribution in [0.5, 0.6) is 0 Å². The molecule has 0 unspecified atom stereocenters. The molecule has 0 atom stereocenters. The molecule has 0 saturated heterocycles. The molecule has 0 bridgehead atoms. The highest BCUT2D eigenvalue weighted by Gasteiger charge is 2.12. The van der Waals surface area contributed by atoms with Crippen LogP contribution in [-0.4, -0.2) is 15.5 Å². The number of aryl methyl sites for hydroxylation is 1. The Morgan fingerprint density at radius 1 is 1.10 bits per heavy atom. The largest absolute Gasteiger partial charge is 0.465 e. The number of rotatable bonds is 7. The van der Waals surface area contributed by atoms with E-state index in [-0.39, 0.29) is 12.3 Å². The lowest BCUT2D eigenvalue weighted by molar-refractivity contribution is 0.475. The Balaban J connectivity index is 1.98. The van der Waals surface area contributed by atoms with Gasteiger partial charge in [-0.25, -0.2) is 13.1 Å². The van der Waals surface area contributed by atoms with Crippen molar-refractivity contribution in [2.24, 2.45) is 0 Å². The molecule has 0 fully saturated rings. The van der Waals surface area contributed by atoms with E-state index in [1.54, 1.807) is 6.07 Å². The van der Waals surface area contributed by atoms with E-state index in [0.717, 1.165) is 16.9 Å². The number of sulfonamides is 1. The van der Waals surface area contributed by atoms with Crippen LogP contribution >= 0.6 is 0 Å². The van der Waals surface area contributed by atoms with E-state index >= 15 is 0 Å². The molecule has 0 radical (unpaired) electrons. The predicted octanol–water partition coefficient (Wildman–Crippen LogP) is 1.93. The molecular formula is C15H20N2O3S. The summed E-state index contributed by atoms with van der Waals surface area (Å²) in [6.07, 6.45) is 0. The third kappa shape index (κ3) is 5.00. The van der Waals surface area contributed by atoms with Gasteiger partial charge in [0.15, 0.2) is 0 Å². The molecule has 0 aliphatic carbocycles. The standard InChI is InChI=1S/C15H20N2O3S/c1-12-6-7-15(20-12)10-17-21(18,19)11-14-5-3-4-13(8-14)9-16-2/h3-8,16-17H,9-11H2,1-2H3. The van der Waals surface area contributed by atoms with Crippen LogP contribution in [0.25, 0.3) is 0 Å². The van der Waals surface area contributed by atoms with Crippen molar-refractivity contribution < 1.29 is 12.8 Å². The molecular weight excluding hydrogens is 288 g/mol. The molecule has 1 aromatic carbocycles. The normalized spacial score (nSPS) is 11.7. The topological polar surface area (TPSA) is 71.3 Å². The molecule has 1 heterocycles. The summed E-state index contributed by atoms with van der Waals surface area (Å²) >= 11 is 0. The van der Waals surface area contributed by atoms with E-state index < -0.39 is 10.0 Å². The van der Waals surface area contributed by atoms with Crippen molar-refractivity contribution in [1.82, 2.24) is 10.0 Å². The summed E-state index contributed by atoms with van der Waals surface area (Å²) < 4.78 is 32.1. The molecule has 6 heteroatoms. The van der Waals surface area contributed by atoms with Crippen molar-refractivity contribution in [3.05, 3.63) is 59.0 Å². The molecule has 2 rings (SSSR count). The van der Waals surface area contributed by atoms with Gasteiger partial charge in [0.25, 0.3) is 0 Å². The number of benzene rings is 1. The van der Waals surface area contributed by atoms with Gasteiger partial charge in [0.1, 0.15) is 11.5 Å². The van der Waals surface area contributed by atoms with Gasteiger partial charge in [-0.15, -0.1) is 0 Å². The van der Waals surface area contributed by atoms with Crippen LogP contribution in [0, 0.1) is 6.92 Å². The Kier molecular flexibility index (Phi) is 5.17. The van der Waals surface area contributed by atoms with E-state index in [1.807, 2.05) is 44.3 Å². The van der Waals surface area contributed by atoms with Crippen molar-refractivity contribution in [3.63, 3.8) is 0 Å². The molecule has 2 N–H and O–H groups in total. The van der Waals surface area contributed by atoms with Gasteiger partial charge < -0.3 is 9.73 Å². The molecule has 0 saturated carbocycles. The van der Waals surface area contributed by atoms with Gasteiger partial charge in [-0.1, -0.05) is 24.3 Å². The van der Waals surface area contributed by atoms with E-state index in [1.165, 1.54) is 0 Å². The van der Waals surface area contributed by atoms with Gasteiger partial charge >= 0.3 is 0 Å². The zero-order valence-electron chi connectivity index (χ0n) is 12.2. The molecule has 1 aromatic heterocycles. The van der Waals surface area contributed by atoms with E-state index in [9.17, 15) is 8.42 Å². The van der Waals surface area contributed by atoms with Gasteiger partial charge in [0, 0.05) is 6.54 Å². The second kappa shape index (κ2) is 6.89. The fraction of sp³-hybridized carbons (Fsp3) is 0.333. The Hall–Kier alpha value is -1.63. The first-order valence-corrected chi connectivity index (χ1v) is 8.39. The summed E-state index contributed by atoms with van der Waals surface area (Å²) in [5.74, 6) is 1.34. The first-order valence-electron chi connectivity index (χ1n) is 6.73. The Morgan fingerprint density at radius 2 is 1.86 bits per heavy atom. The Labute approximate surface area is 125 Å². The zero-order valence-corrected chi connectivity index (χ0v) is 13.0. The van der Waals surface area contributed by atoms with Gasteiger partial charge in [0.05, 0.1) is 12.3 Å². The lowest BCUT2D eigenvalue weighted by Gasteiger charge is -2.07. The lowest BCUT2D eigenvalue weighted by atomic mass is 10.1. The molecule has 2 aromatic rings. The molecule has 0 aliphatic rings. The minimum atomic E-state index is -3.39. The molecule has 0 aliphatic heterocycles. The summed E-state index contributed by atoms with van der Waals surface area (Å²) in [4.78, 5) is 0. The highest BCUT2D eigenvalue weighted by Crippen LogP contribution is 2.10. The highest BCUT2D eigenvalue weighted by atomic mass is 32.2. The molecule has 0 amide bonds. The molecule has 114 valence electrons. The van der Waals surface area contributed by atoms with Crippen LogP contribution in [0.1, 0.15) is 22.6 Å².